The minimum atomic E-state index is -1.12. The molecule has 0 aliphatic heterocycles. The Kier molecular flexibility index (Phi) is 3.70. The second-order valence-corrected chi connectivity index (χ2v) is 5.04. The van der Waals surface area contributed by atoms with Crippen LogP contribution in [0.5, 0.6) is 0 Å². The second kappa shape index (κ2) is 3.84. The summed E-state index contributed by atoms with van der Waals surface area (Å²) in [7, 11) is -1.12. The number of nitrogens with two attached hydrogens (primary N) is 1. The van der Waals surface area contributed by atoms with E-state index in [-0.39, 0.29) is 0 Å². The van der Waals surface area contributed by atoms with Crippen LogP contribution in [0.4, 0.5) is 0 Å². The van der Waals surface area contributed by atoms with Gasteiger partial charge in [-0.1, -0.05) is 0 Å². The monoisotopic (exact) mass is 174 g/mol. The molecule has 64 valence electrons. The molecule has 0 aliphatic rings. The fourth-order valence-electron chi connectivity index (χ4n) is 0.550. The van der Waals surface area contributed by atoms with Crippen molar-refractivity contribution in [3.05, 3.63) is 0 Å². The van der Waals surface area contributed by atoms with Gasteiger partial charge in [-0.15, -0.1) is 0 Å². The molecule has 0 saturated heterocycles. The molecule has 2 unspecified atom stereocenters. The van der Waals surface area contributed by atoms with E-state index in [4.69, 9.17) is 11.0 Å². The van der Waals surface area contributed by atoms with E-state index in [0.29, 0.717) is 5.75 Å². The van der Waals surface area contributed by atoms with E-state index in [1.54, 1.807) is 20.8 Å². The Morgan fingerprint density at radius 1 is 1.73 bits per heavy atom. The average molecular weight is 174 g/mol. The largest absolute Gasteiger partial charge is 0.325 e. The van der Waals surface area contributed by atoms with E-state index in [1.165, 1.54) is 0 Å². The molecule has 0 spiro atoms. The predicted molar refractivity (Wildman–Crippen MR) is 46.4 cm³/mol. The Bertz CT molecular complexity index is 190. The molecule has 0 amide bonds. The molecule has 0 aromatic carbocycles. The van der Waals surface area contributed by atoms with Crippen LogP contribution in [0.2, 0.25) is 0 Å². The Labute approximate surface area is 70.0 Å². The zero-order valence-corrected chi connectivity index (χ0v) is 7.94. The minimum Gasteiger partial charge on any atom is -0.325 e. The van der Waals surface area contributed by atoms with Crippen LogP contribution in [0.25, 0.3) is 0 Å². The van der Waals surface area contributed by atoms with Gasteiger partial charge in [-0.2, -0.15) is 5.26 Å². The predicted octanol–water partition coefficient (Wildman–Crippen LogP) is 0.384. The molecule has 11 heavy (non-hydrogen) atoms. The molecule has 0 fully saturated rings. The molecule has 0 heterocycles. The average Bonchev–Trinajstić information content (AvgIpc) is 1.82. The van der Waals surface area contributed by atoms with Crippen molar-refractivity contribution < 1.29 is 4.21 Å². The highest BCUT2D eigenvalue weighted by Crippen LogP contribution is 2.03. The van der Waals surface area contributed by atoms with Gasteiger partial charge < -0.3 is 5.73 Å². The van der Waals surface area contributed by atoms with Crippen molar-refractivity contribution in [1.29, 1.82) is 5.26 Å². The van der Waals surface area contributed by atoms with Crippen molar-refractivity contribution in [3.8, 4) is 6.07 Å². The third-order valence-electron chi connectivity index (χ3n) is 1.09. The number of nitriles is 1. The Morgan fingerprint density at radius 2 is 2.18 bits per heavy atom. The maximum Gasteiger partial charge on any atom is 0.119 e. The van der Waals surface area contributed by atoms with E-state index < -0.39 is 21.6 Å². The molecular formula is C7H14N2OS. The van der Waals surface area contributed by atoms with Gasteiger partial charge in [0.1, 0.15) is 5.25 Å². The highest BCUT2D eigenvalue weighted by atomic mass is 32.2. The smallest absolute Gasteiger partial charge is 0.119 e. The third-order valence-corrected chi connectivity index (χ3v) is 3.01. The lowest BCUT2D eigenvalue weighted by molar-refractivity contribution is 0.576. The van der Waals surface area contributed by atoms with E-state index >= 15 is 0 Å². The van der Waals surface area contributed by atoms with Gasteiger partial charge in [-0.05, 0) is 20.8 Å². The van der Waals surface area contributed by atoms with E-state index in [9.17, 15) is 4.21 Å². The van der Waals surface area contributed by atoms with Gasteiger partial charge in [0.25, 0.3) is 0 Å². The molecule has 2 atom stereocenters. The molecule has 4 heteroatoms. The molecular weight excluding hydrogens is 160 g/mol. The highest BCUT2D eigenvalue weighted by Gasteiger charge is 2.19. The van der Waals surface area contributed by atoms with Gasteiger partial charge in [0.2, 0.25) is 0 Å². The quantitative estimate of drug-likeness (QED) is 0.672. The standard InChI is InChI=1S/C7H14N2OS/c1-6(4-8)11(10)5-7(2,3)9/h6H,5,9H2,1-3H3. The zero-order chi connectivity index (χ0) is 9.07. The molecule has 3 nitrogen and oxygen atoms in total. The first kappa shape index (κ1) is 10.6. The lowest BCUT2D eigenvalue weighted by atomic mass is 10.1. The van der Waals surface area contributed by atoms with E-state index in [2.05, 4.69) is 0 Å². The van der Waals surface area contributed by atoms with E-state index in [1.807, 2.05) is 6.07 Å². The Hall–Kier alpha value is -0.400. The van der Waals surface area contributed by atoms with Crippen LogP contribution in [0, 0.1) is 11.3 Å². The lowest BCUT2D eigenvalue weighted by Crippen LogP contribution is -2.39. The van der Waals surface area contributed by atoms with Crippen molar-refractivity contribution in [3.63, 3.8) is 0 Å². The lowest BCUT2D eigenvalue weighted by Gasteiger charge is -2.17. The van der Waals surface area contributed by atoms with Gasteiger partial charge in [0.05, 0.1) is 6.07 Å². The van der Waals surface area contributed by atoms with E-state index in [0.717, 1.165) is 0 Å². The van der Waals surface area contributed by atoms with Crippen molar-refractivity contribution in [2.75, 3.05) is 5.75 Å². The summed E-state index contributed by atoms with van der Waals surface area (Å²) in [5.41, 5.74) is 5.18. The molecule has 0 rings (SSSR count). The number of nitrogens with zero attached hydrogens (tertiary/aromatic N) is 1. The molecule has 0 aliphatic carbocycles. The highest BCUT2D eigenvalue weighted by molar-refractivity contribution is 7.85. The summed E-state index contributed by atoms with van der Waals surface area (Å²) < 4.78 is 11.2. The van der Waals surface area contributed by atoms with Crippen LogP contribution in [-0.2, 0) is 10.8 Å². The van der Waals surface area contributed by atoms with Crippen LogP contribution < -0.4 is 5.73 Å². The summed E-state index contributed by atoms with van der Waals surface area (Å²) in [4.78, 5) is 0. The van der Waals surface area contributed by atoms with Gasteiger partial charge in [0, 0.05) is 22.1 Å². The molecule has 0 aromatic rings. The molecule has 0 bridgehead atoms. The zero-order valence-electron chi connectivity index (χ0n) is 7.13. The Morgan fingerprint density at radius 3 is 2.45 bits per heavy atom. The molecule has 0 aromatic heterocycles. The molecule has 0 radical (unpaired) electrons. The number of hydrogen-bond donors (Lipinski definition) is 1. The Balaban J connectivity index is 4.01. The summed E-state index contributed by atoms with van der Waals surface area (Å²) in [6.07, 6.45) is 0. The first-order valence-corrected chi connectivity index (χ1v) is 4.80. The normalized spacial score (nSPS) is 17.0. The topological polar surface area (TPSA) is 66.9 Å². The maximum absolute atomic E-state index is 11.2. The van der Waals surface area contributed by atoms with Crippen molar-refractivity contribution in [2.24, 2.45) is 5.73 Å². The van der Waals surface area contributed by atoms with Crippen LogP contribution >= 0.6 is 0 Å². The van der Waals surface area contributed by atoms with Gasteiger partial charge in [-0.3, -0.25) is 4.21 Å². The summed E-state index contributed by atoms with van der Waals surface area (Å²) in [6, 6.07) is 1.93. The fourth-order valence-corrected chi connectivity index (χ4v) is 1.65. The van der Waals surface area contributed by atoms with Crippen LogP contribution in [-0.4, -0.2) is 20.8 Å². The van der Waals surface area contributed by atoms with Crippen LogP contribution in [0.1, 0.15) is 20.8 Å². The summed E-state index contributed by atoms with van der Waals surface area (Å²) in [6.45, 7) is 5.24. The van der Waals surface area contributed by atoms with Crippen molar-refractivity contribution >= 4 is 10.8 Å². The van der Waals surface area contributed by atoms with Gasteiger partial charge >= 0.3 is 0 Å². The number of hydrogen-bond acceptors (Lipinski definition) is 3. The minimum absolute atomic E-state index is 0.377. The van der Waals surface area contributed by atoms with Crippen LogP contribution in [0.15, 0.2) is 0 Å². The molecule has 0 saturated carbocycles. The maximum atomic E-state index is 11.2. The first-order valence-electron chi connectivity index (χ1n) is 3.42. The second-order valence-electron chi connectivity index (χ2n) is 3.28. The summed E-state index contributed by atoms with van der Waals surface area (Å²) in [5, 5.41) is 8.00. The first-order chi connectivity index (χ1) is 4.87. The summed E-state index contributed by atoms with van der Waals surface area (Å²) >= 11 is 0. The van der Waals surface area contributed by atoms with Crippen LogP contribution in [0.3, 0.4) is 0 Å². The fraction of sp³-hybridized carbons (Fsp3) is 0.857. The molecule has 2 N–H and O–H groups in total. The van der Waals surface area contributed by atoms with Gasteiger partial charge in [0.15, 0.2) is 0 Å². The summed E-state index contributed by atoms with van der Waals surface area (Å²) in [5.74, 6) is 0.377. The third kappa shape index (κ3) is 4.93. The van der Waals surface area contributed by atoms with Crippen molar-refractivity contribution in [1.82, 2.24) is 0 Å². The van der Waals surface area contributed by atoms with Gasteiger partial charge in [-0.25, -0.2) is 0 Å². The van der Waals surface area contributed by atoms with Crippen molar-refractivity contribution in [2.45, 2.75) is 31.6 Å². The SMILES string of the molecule is CC(C#N)S(=O)CC(C)(C)N. The number of rotatable bonds is 3.